The van der Waals surface area contributed by atoms with Crippen molar-refractivity contribution >= 4 is 12.1 Å². The topological polar surface area (TPSA) is 107 Å². The summed E-state index contributed by atoms with van der Waals surface area (Å²) in [5, 5.41) is 18.5. The molecule has 1 aromatic rings. The molecule has 0 aromatic carbocycles. The van der Waals surface area contributed by atoms with Gasteiger partial charge in [0.25, 0.3) is 0 Å². The predicted molar refractivity (Wildman–Crippen MR) is 70.7 cm³/mol. The molecule has 0 saturated heterocycles. The molecule has 0 amide bonds. The van der Waals surface area contributed by atoms with Gasteiger partial charge in [0.05, 0.1) is 12.5 Å². The molecule has 0 bridgehead atoms. The predicted octanol–water partition coefficient (Wildman–Crippen LogP) is 1.30. The van der Waals surface area contributed by atoms with Crippen LogP contribution in [0, 0.1) is 11.8 Å². The Labute approximate surface area is 121 Å². The van der Waals surface area contributed by atoms with Crippen LogP contribution in [-0.2, 0) is 14.3 Å². The third kappa shape index (κ3) is 5.25. The number of nitrogens with zero attached hydrogens (tertiary/aromatic N) is 1. The van der Waals surface area contributed by atoms with E-state index in [2.05, 4.69) is 4.84 Å². The van der Waals surface area contributed by atoms with Crippen molar-refractivity contribution in [3.8, 4) is 11.8 Å². The number of ether oxygens (including phenoxy) is 2. The molecule has 0 aliphatic rings. The second-order valence-electron chi connectivity index (χ2n) is 4.89. The molecule has 0 aliphatic carbocycles. The summed E-state index contributed by atoms with van der Waals surface area (Å²) >= 11 is 0. The van der Waals surface area contributed by atoms with Gasteiger partial charge in [-0.25, -0.2) is 4.79 Å². The highest BCUT2D eigenvalue weighted by atomic mass is 16.8. The van der Waals surface area contributed by atoms with Crippen LogP contribution in [0.4, 0.5) is 4.79 Å². The van der Waals surface area contributed by atoms with Gasteiger partial charge in [-0.3, -0.25) is 9.63 Å². The smallest absolute Gasteiger partial charge is 0.492 e. The van der Waals surface area contributed by atoms with Crippen LogP contribution in [0.15, 0.2) is 12.1 Å². The molecule has 0 spiro atoms. The van der Waals surface area contributed by atoms with Crippen molar-refractivity contribution in [2.24, 2.45) is 11.8 Å². The second-order valence-corrected chi connectivity index (χ2v) is 4.89. The van der Waals surface area contributed by atoms with Gasteiger partial charge in [-0.15, -0.1) is 4.73 Å². The fourth-order valence-electron chi connectivity index (χ4n) is 1.25. The van der Waals surface area contributed by atoms with Gasteiger partial charge in [-0.2, -0.15) is 0 Å². The Kier molecular flexibility index (Phi) is 5.89. The molecule has 1 atom stereocenters. The highest BCUT2D eigenvalue weighted by Crippen LogP contribution is 2.18. The summed E-state index contributed by atoms with van der Waals surface area (Å²) in [5.74, 6) is -1.65. The molecule has 118 valence electrons. The van der Waals surface area contributed by atoms with E-state index in [9.17, 15) is 19.8 Å². The first-order chi connectivity index (χ1) is 9.81. The summed E-state index contributed by atoms with van der Waals surface area (Å²) in [6.45, 7) is 5.25. The van der Waals surface area contributed by atoms with E-state index in [1.54, 1.807) is 20.8 Å². The number of aromatic nitrogens is 1. The number of hydrogen-bond donors (Lipinski definition) is 2. The van der Waals surface area contributed by atoms with Gasteiger partial charge in [-0.05, 0) is 0 Å². The monoisotopic (exact) mass is 301 g/mol. The van der Waals surface area contributed by atoms with Gasteiger partial charge in [0.1, 0.15) is 6.61 Å². The molecule has 21 heavy (non-hydrogen) atoms. The Balaban J connectivity index is 2.31. The minimum atomic E-state index is -1.10. The van der Waals surface area contributed by atoms with E-state index in [1.807, 2.05) is 0 Å². The van der Waals surface area contributed by atoms with Gasteiger partial charge in [0.15, 0.2) is 0 Å². The molecule has 2 N–H and O–H groups in total. The summed E-state index contributed by atoms with van der Waals surface area (Å²) in [5.41, 5.74) is 0. The van der Waals surface area contributed by atoms with Crippen LogP contribution < -0.4 is 4.84 Å². The number of rotatable bonds is 6. The first-order valence-corrected chi connectivity index (χ1v) is 6.42. The lowest BCUT2D eigenvalue weighted by Crippen LogP contribution is -2.24. The van der Waals surface area contributed by atoms with Crippen LogP contribution in [-0.4, -0.2) is 40.3 Å². The van der Waals surface area contributed by atoms with E-state index in [4.69, 9.17) is 9.47 Å². The maximum atomic E-state index is 11.4. The highest BCUT2D eigenvalue weighted by Gasteiger charge is 2.16. The standard InChI is InChI=1S/C13H19NO7/c1-8(2)12(17)19-6-9(3)7-20-13(18)21-14-10(15)4-5-11(14)16/h4-5,8-9,15-16H,6-7H2,1-3H3. The van der Waals surface area contributed by atoms with Crippen molar-refractivity contribution in [1.29, 1.82) is 0 Å². The molecular formula is C13H19NO7. The summed E-state index contributed by atoms with van der Waals surface area (Å²) in [6.07, 6.45) is -1.10. The Morgan fingerprint density at radius 3 is 2.14 bits per heavy atom. The zero-order valence-electron chi connectivity index (χ0n) is 12.1. The Bertz CT molecular complexity index is 475. The second kappa shape index (κ2) is 7.41. The van der Waals surface area contributed by atoms with E-state index in [0.717, 1.165) is 12.1 Å². The summed E-state index contributed by atoms with van der Waals surface area (Å²) in [4.78, 5) is 27.2. The highest BCUT2D eigenvalue weighted by molar-refractivity contribution is 5.71. The lowest BCUT2D eigenvalue weighted by molar-refractivity contribution is -0.148. The molecule has 0 aliphatic heterocycles. The Morgan fingerprint density at radius 1 is 1.10 bits per heavy atom. The molecule has 0 saturated carbocycles. The number of carbonyl (C=O) groups excluding carboxylic acids is 2. The summed E-state index contributed by atoms with van der Waals surface area (Å²) in [6, 6.07) is 2.30. The Hall–Kier alpha value is -2.38. The molecule has 1 rings (SSSR count). The van der Waals surface area contributed by atoms with E-state index in [-0.39, 0.29) is 31.0 Å². The van der Waals surface area contributed by atoms with Crippen molar-refractivity contribution < 1.29 is 34.1 Å². The van der Waals surface area contributed by atoms with Gasteiger partial charge >= 0.3 is 12.1 Å². The SMILES string of the molecule is CC(COC(=O)On1c(O)ccc1O)COC(=O)C(C)C. The lowest BCUT2D eigenvalue weighted by Gasteiger charge is -2.13. The minimum absolute atomic E-state index is 0.0347. The van der Waals surface area contributed by atoms with E-state index in [0.29, 0.717) is 4.73 Å². The van der Waals surface area contributed by atoms with E-state index < -0.39 is 17.9 Å². The normalized spacial score (nSPS) is 12.0. The van der Waals surface area contributed by atoms with Crippen LogP contribution in [0.1, 0.15) is 20.8 Å². The summed E-state index contributed by atoms with van der Waals surface area (Å²) in [7, 11) is 0. The number of aromatic hydroxyl groups is 2. The summed E-state index contributed by atoms with van der Waals surface area (Å²) < 4.78 is 10.3. The first-order valence-electron chi connectivity index (χ1n) is 6.42. The Morgan fingerprint density at radius 2 is 1.62 bits per heavy atom. The van der Waals surface area contributed by atoms with E-state index in [1.165, 1.54) is 0 Å². The molecular weight excluding hydrogens is 282 g/mol. The largest absolute Gasteiger partial charge is 0.533 e. The maximum absolute atomic E-state index is 11.4. The third-order valence-electron chi connectivity index (χ3n) is 2.43. The van der Waals surface area contributed by atoms with Crippen molar-refractivity contribution in [3.63, 3.8) is 0 Å². The first kappa shape index (κ1) is 16.7. The average molecular weight is 301 g/mol. The fraction of sp³-hybridized carbons (Fsp3) is 0.538. The van der Waals surface area contributed by atoms with Crippen LogP contribution in [0.3, 0.4) is 0 Å². The lowest BCUT2D eigenvalue weighted by atomic mass is 10.2. The van der Waals surface area contributed by atoms with Gasteiger partial charge < -0.3 is 19.7 Å². The van der Waals surface area contributed by atoms with Crippen molar-refractivity contribution in [1.82, 2.24) is 4.73 Å². The van der Waals surface area contributed by atoms with Crippen molar-refractivity contribution in [2.45, 2.75) is 20.8 Å². The number of hydrogen-bond acceptors (Lipinski definition) is 7. The van der Waals surface area contributed by atoms with Crippen LogP contribution in [0.25, 0.3) is 0 Å². The molecule has 8 heteroatoms. The fourth-order valence-corrected chi connectivity index (χ4v) is 1.25. The zero-order chi connectivity index (χ0) is 16.0. The third-order valence-corrected chi connectivity index (χ3v) is 2.43. The van der Waals surface area contributed by atoms with Crippen molar-refractivity contribution in [3.05, 3.63) is 12.1 Å². The molecule has 8 nitrogen and oxygen atoms in total. The van der Waals surface area contributed by atoms with Crippen molar-refractivity contribution in [2.75, 3.05) is 13.2 Å². The molecule has 0 radical (unpaired) electrons. The molecule has 1 unspecified atom stereocenters. The number of carbonyl (C=O) groups is 2. The van der Waals surface area contributed by atoms with Gasteiger partial charge in [0, 0.05) is 18.1 Å². The maximum Gasteiger partial charge on any atom is 0.533 e. The van der Waals surface area contributed by atoms with Gasteiger partial charge in [-0.1, -0.05) is 20.8 Å². The molecule has 1 aromatic heterocycles. The molecule has 1 heterocycles. The van der Waals surface area contributed by atoms with E-state index >= 15 is 0 Å². The van der Waals surface area contributed by atoms with Crippen LogP contribution in [0.5, 0.6) is 11.8 Å². The van der Waals surface area contributed by atoms with Crippen LogP contribution >= 0.6 is 0 Å². The van der Waals surface area contributed by atoms with Gasteiger partial charge in [0.2, 0.25) is 11.8 Å². The quantitative estimate of drug-likeness (QED) is 0.762. The minimum Gasteiger partial charge on any atom is -0.492 e. The zero-order valence-corrected chi connectivity index (χ0v) is 12.1. The molecule has 0 fully saturated rings. The number of esters is 1. The van der Waals surface area contributed by atoms with Crippen LogP contribution in [0.2, 0.25) is 0 Å². The average Bonchev–Trinajstić information content (AvgIpc) is 2.74.